The third-order valence-corrected chi connectivity index (χ3v) is 16.0. The van der Waals surface area contributed by atoms with Crippen LogP contribution < -0.4 is 0 Å². The van der Waals surface area contributed by atoms with E-state index in [0.717, 1.165) is 24.3 Å². The minimum absolute atomic E-state index is 0.0929. The first kappa shape index (κ1) is 34.8. The lowest BCUT2D eigenvalue weighted by Crippen LogP contribution is -2.46. The van der Waals surface area contributed by atoms with Gasteiger partial charge in [-0.05, 0) is 105 Å². The molecule has 41 heavy (non-hydrogen) atoms. The predicted molar refractivity (Wildman–Crippen MR) is 178 cm³/mol. The second kappa shape index (κ2) is 13.5. The van der Waals surface area contributed by atoms with Crippen LogP contribution in [0.25, 0.3) is 0 Å². The van der Waals surface area contributed by atoms with Crippen LogP contribution in [0.5, 0.6) is 0 Å². The Hall–Kier alpha value is -0.693. The SMILES string of the molecule is C=C1C(=CC=C2CCCC3(C)C2CCC3C(C)CCCC(C)(C)O)CC(OC(=O)CBr)CC1O[Si](C)(C)C(C)(C)C. The van der Waals surface area contributed by atoms with Crippen molar-refractivity contribution in [3.8, 4) is 0 Å². The molecule has 3 fully saturated rings. The molecule has 3 rings (SSSR count). The highest BCUT2D eigenvalue weighted by molar-refractivity contribution is 9.09. The van der Waals surface area contributed by atoms with Gasteiger partial charge in [0.25, 0.3) is 0 Å². The second-order valence-electron chi connectivity index (χ2n) is 15.8. The van der Waals surface area contributed by atoms with Crippen LogP contribution in [0.2, 0.25) is 18.1 Å². The maximum atomic E-state index is 12.2. The standard InChI is InChI=1S/C35H59BrO4Si/c1-24(13-11-19-34(6,7)38)29-17-18-30-26(14-12-20-35(29,30)8)15-16-27-21-28(39-32(37)23-36)22-31(25(27)2)40-41(9,10)33(3,4)5/h15-16,24,28-31,38H,2,11-14,17-23H2,1,3-10H3. The number of carbonyl (C=O) groups is 1. The number of fused-ring (bicyclic) bond motifs is 1. The van der Waals surface area contributed by atoms with Crippen LogP contribution in [0.15, 0.2) is 35.5 Å². The van der Waals surface area contributed by atoms with Gasteiger partial charge in [0.05, 0.1) is 11.7 Å². The molecule has 4 nitrogen and oxygen atoms in total. The molecule has 234 valence electrons. The van der Waals surface area contributed by atoms with E-state index in [0.29, 0.717) is 30.1 Å². The minimum Gasteiger partial charge on any atom is -0.461 e. The quantitative estimate of drug-likeness (QED) is 0.145. The fraction of sp³-hybridized carbons (Fsp3) is 0.800. The number of halogens is 1. The van der Waals surface area contributed by atoms with Crippen molar-refractivity contribution in [1.82, 2.24) is 0 Å². The molecule has 0 aromatic heterocycles. The molecule has 0 aliphatic heterocycles. The summed E-state index contributed by atoms with van der Waals surface area (Å²) in [5.74, 6) is 1.84. The average Bonchev–Trinajstić information content (AvgIpc) is 3.20. The average molecular weight is 652 g/mol. The summed E-state index contributed by atoms with van der Waals surface area (Å²) in [6.45, 7) is 24.7. The molecule has 6 heteroatoms. The summed E-state index contributed by atoms with van der Waals surface area (Å²) < 4.78 is 12.7. The Morgan fingerprint density at radius 2 is 1.90 bits per heavy atom. The number of esters is 1. The Morgan fingerprint density at radius 3 is 2.51 bits per heavy atom. The maximum absolute atomic E-state index is 12.2. The van der Waals surface area contributed by atoms with Crippen LogP contribution in [-0.4, -0.2) is 42.5 Å². The third kappa shape index (κ3) is 8.70. The summed E-state index contributed by atoms with van der Waals surface area (Å²) in [4.78, 5) is 12.2. The van der Waals surface area contributed by atoms with Crippen molar-refractivity contribution in [2.45, 2.75) is 149 Å². The molecule has 0 aromatic rings. The van der Waals surface area contributed by atoms with Crippen LogP contribution in [0.3, 0.4) is 0 Å². The molecule has 3 saturated carbocycles. The van der Waals surface area contributed by atoms with E-state index >= 15 is 0 Å². The third-order valence-electron chi connectivity index (χ3n) is 11.0. The first-order chi connectivity index (χ1) is 18.9. The van der Waals surface area contributed by atoms with Crippen LogP contribution in [0.4, 0.5) is 0 Å². The Morgan fingerprint density at radius 1 is 1.22 bits per heavy atom. The van der Waals surface area contributed by atoms with Gasteiger partial charge in [0, 0.05) is 12.8 Å². The van der Waals surface area contributed by atoms with E-state index in [1.165, 1.54) is 44.1 Å². The Bertz CT molecular complexity index is 1000. The summed E-state index contributed by atoms with van der Waals surface area (Å²) in [5.41, 5.74) is 3.59. The van der Waals surface area contributed by atoms with Crippen molar-refractivity contribution >= 4 is 30.2 Å². The molecule has 0 radical (unpaired) electrons. The molecule has 0 aromatic carbocycles. The van der Waals surface area contributed by atoms with Gasteiger partial charge < -0.3 is 14.3 Å². The van der Waals surface area contributed by atoms with Gasteiger partial charge in [-0.1, -0.05) is 87.7 Å². The molecule has 3 aliphatic carbocycles. The fourth-order valence-corrected chi connectivity index (χ4v) is 9.10. The van der Waals surface area contributed by atoms with E-state index in [9.17, 15) is 9.90 Å². The number of alkyl halides is 1. The first-order valence-corrected chi connectivity index (χ1v) is 20.2. The number of rotatable bonds is 10. The number of allylic oxidation sites excluding steroid dienone is 3. The van der Waals surface area contributed by atoms with Crippen molar-refractivity contribution < 1.29 is 19.1 Å². The van der Waals surface area contributed by atoms with Gasteiger partial charge in [-0.25, -0.2) is 0 Å². The normalized spacial score (nSPS) is 32.3. The van der Waals surface area contributed by atoms with E-state index in [2.05, 4.69) is 82.4 Å². The molecule has 0 spiro atoms. The number of ether oxygens (including phenoxy) is 1. The van der Waals surface area contributed by atoms with Gasteiger partial charge in [-0.15, -0.1) is 0 Å². The van der Waals surface area contributed by atoms with Gasteiger partial charge in [0.15, 0.2) is 8.32 Å². The minimum atomic E-state index is -2.03. The molecule has 1 N–H and O–H groups in total. The van der Waals surface area contributed by atoms with E-state index in [1.807, 2.05) is 13.8 Å². The number of aliphatic hydroxyl groups is 1. The zero-order valence-corrected chi connectivity index (χ0v) is 30.2. The van der Waals surface area contributed by atoms with Crippen LogP contribution in [0.1, 0.15) is 113 Å². The first-order valence-electron chi connectivity index (χ1n) is 16.1. The lowest BCUT2D eigenvalue weighted by Gasteiger charge is -2.44. The monoisotopic (exact) mass is 650 g/mol. The van der Waals surface area contributed by atoms with Gasteiger partial charge in [0.1, 0.15) is 11.4 Å². The van der Waals surface area contributed by atoms with Crippen LogP contribution in [0, 0.1) is 23.2 Å². The predicted octanol–water partition coefficient (Wildman–Crippen LogP) is 9.68. The topological polar surface area (TPSA) is 55.8 Å². The molecular formula is C35H59BrO4Si. The van der Waals surface area contributed by atoms with Crippen molar-refractivity contribution in [1.29, 1.82) is 0 Å². The largest absolute Gasteiger partial charge is 0.461 e. The molecule has 6 unspecified atom stereocenters. The van der Waals surface area contributed by atoms with Crippen molar-refractivity contribution in [2.75, 3.05) is 5.33 Å². The van der Waals surface area contributed by atoms with Crippen molar-refractivity contribution in [3.63, 3.8) is 0 Å². The van der Waals surface area contributed by atoms with Crippen molar-refractivity contribution in [2.24, 2.45) is 23.2 Å². The highest BCUT2D eigenvalue weighted by Crippen LogP contribution is 2.60. The van der Waals surface area contributed by atoms with Crippen LogP contribution >= 0.6 is 15.9 Å². The van der Waals surface area contributed by atoms with Gasteiger partial charge in [0.2, 0.25) is 0 Å². The molecule has 0 bridgehead atoms. The summed E-state index contributed by atoms with van der Waals surface area (Å²) >= 11 is 3.26. The molecule has 3 aliphatic rings. The molecule has 0 heterocycles. The van der Waals surface area contributed by atoms with E-state index in [-0.39, 0.29) is 28.5 Å². The van der Waals surface area contributed by atoms with Gasteiger partial charge >= 0.3 is 5.97 Å². The van der Waals surface area contributed by atoms with Crippen molar-refractivity contribution in [3.05, 3.63) is 35.5 Å². The molecule has 0 amide bonds. The highest BCUT2D eigenvalue weighted by Gasteiger charge is 2.50. The zero-order valence-electron chi connectivity index (χ0n) is 27.6. The lowest BCUT2D eigenvalue weighted by atomic mass is 9.60. The van der Waals surface area contributed by atoms with E-state index < -0.39 is 13.9 Å². The van der Waals surface area contributed by atoms with E-state index in [1.54, 1.807) is 5.57 Å². The highest BCUT2D eigenvalue weighted by atomic mass is 79.9. The Kier molecular flexibility index (Phi) is 11.5. The lowest BCUT2D eigenvalue weighted by molar-refractivity contribution is -0.147. The van der Waals surface area contributed by atoms with Gasteiger partial charge in [-0.3, -0.25) is 4.79 Å². The number of carbonyl (C=O) groups excluding carboxylic acids is 1. The maximum Gasteiger partial charge on any atom is 0.316 e. The summed E-state index contributed by atoms with van der Waals surface area (Å²) in [6, 6.07) is 0. The van der Waals surface area contributed by atoms with Gasteiger partial charge in [-0.2, -0.15) is 0 Å². The summed E-state index contributed by atoms with van der Waals surface area (Å²) in [7, 11) is -2.03. The fourth-order valence-electron chi connectivity index (χ4n) is 7.66. The number of hydrogen-bond donors (Lipinski definition) is 1. The second-order valence-corrected chi connectivity index (χ2v) is 21.1. The molecule has 6 atom stereocenters. The number of hydrogen-bond acceptors (Lipinski definition) is 4. The summed E-state index contributed by atoms with van der Waals surface area (Å²) in [5, 5.41) is 10.5. The van der Waals surface area contributed by atoms with E-state index in [4.69, 9.17) is 9.16 Å². The Balaban J connectivity index is 1.81. The summed E-state index contributed by atoms with van der Waals surface area (Å²) in [6.07, 6.45) is 15.2. The van der Waals surface area contributed by atoms with Crippen LogP contribution in [-0.2, 0) is 14.0 Å². The molecule has 0 saturated heterocycles. The Labute approximate surface area is 261 Å². The zero-order chi connectivity index (χ0) is 30.8. The smallest absolute Gasteiger partial charge is 0.316 e. The molecular weight excluding hydrogens is 592 g/mol.